The Hall–Kier alpha value is -2.80. The van der Waals surface area contributed by atoms with Crippen molar-refractivity contribution >= 4 is 35.7 Å². The molecule has 0 saturated carbocycles. The Balaban J connectivity index is 0.00000240. The number of halogens is 2. The highest BCUT2D eigenvalue weighted by Crippen LogP contribution is 2.26. The third-order valence-corrected chi connectivity index (χ3v) is 5.23. The molecular weight excluding hydrogens is 391 g/mol. The van der Waals surface area contributed by atoms with Crippen molar-refractivity contribution in [3.63, 3.8) is 0 Å². The number of aryl methyl sites for hydroxylation is 2. The molecule has 2 heterocycles. The zero-order chi connectivity index (χ0) is 19.7. The van der Waals surface area contributed by atoms with E-state index in [1.807, 2.05) is 11.0 Å². The molecule has 0 bridgehead atoms. The second-order valence-corrected chi connectivity index (χ2v) is 7.26. The highest BCUT2D eigenvalue weighted by Gasteiger charge is 2.32. The van der Waals surface area contributed by atoms with E-state index in [1.165, 1.54) is 23.3 Å². The number of guanidine groups is 2. The number of rotatable bonds is 3. The predicted molar refractivity (Wildman–Crippen MR) is 119 cm³/mol. The summed E-state index contributed by atoms with van der Waals surface area (Å²) in [6.45, 7) is 5.99. The van der Waals surface area contributed by atoms with E-state index in [1.54, 1.807) is 12.1 Å². The summed E-state index contributed by atoms with van der Waals surface area (Å²) in [6.07, 6.45) is 1.76. The minimum absolute atomic E-state index is 0. The first-order valence-corrected chi connectivity index (χ1v) is 9.57. The van der Waals surface area contributed by atoms with Crippen molar-refractivity contribution in [2.24, 2.45) is 15.7 Å². The number of nitrogens with two attached hydrogens (primary N) is 1. The topological polar surface area (TPSA) is 69.2 Å². The molecule has 0 aromatic heterocycles. The molecule has 2 aromatic carbocycles. The van der Waals surface area contributed by atoms with Crippen LogP contribution in [0, 0.1) is 19.7 Å². The van der Waals surface area contributed by atoms with E-state index in [0.717, 1.165) is 43.3 Å². The van der Waals surface area contributed by atoms with Crippen molar-refractivity contribution in [3.8, 4) is 0 Å². The average molecular weight is 417 g/mol. The molecule has 0 amide bonds. The lowest BCUT2D eigenvalue weighted by atomic mass is 10.1. The van der Waals surface area contributed by atoms with Crippen molar-refractivity contribution in [1.29, 1.82) is 0 Å². The molecule has 4 rings (SSSR count). The molecule has 2 aromatic rings. The van der Waals surface area contributed by atoms with Crippen LogP contribution in [0.3, 0.4) is 0 Å². The van der Waals surface area contributed by atoms with E-state index < -0.39 is 6.29 Å². The van der Waals surface area contributed by atoms with Gasteiger partial charge in [0.05, 0.1) is 0 Å². The number of nitrogens with zero attached hydrogens (tertiary/aromatic N) is 4. The molecule has 1 fully saturated rings. The van der Waals surface area contributed by atoms with Crippen molar-refractivity contribution in [1.82, 2.24) is 4.90 Å². The first-order chi connectivity index (χ1) is 13.5. The van der Waals surface area contributed by atoms with Gasteiger partial charge in [0.15, 0.2) is 0 Å². The van der Waals surface area contributed by atoms with Crippen molar-refractivity contribution in [2.75, 3.05) is 23.3 Å². The molecule has 0 spiro atoms. The average Bonchev–Trinajstić information content (AvgIpc) is 3.20. The molecule has 0 radical (unpaired) electrons. The van der Waals surface area contributed by atoms with Gasteiger partial charge in [-0.15, -0.1) is 12.4 Å². The first-order valence-electron chi connectivity index (χ1n) is 9.57. The van der Waals surface area contributed by atoms with Gasteiger partial charge in [-0.1, -0.05) is 6.07 Å². The van der Waals surface area contributed by atoms with Crippen LogP contribution in [0.5, 0.6) is 0 Å². The Bertz CT molecular complexity index is 921. The number of aliphatic imine (C=N–C) groups is 2. The third kappa shape index (κ3) is 4.45. The Morgan fingerprint density at radius 3 is 2.38 bits per heavy atom. The maximum atomic E-state index is 13.5. The number of hydrogen-bond acceptors (Lipinski definition) is 6. The summed E-state index contributed by atoms with van der Waals surface area (Å²) in [7, 11) is 0. The molecule has 2 aliphatic heterocycles. The zero-order valence-corrected chi connectivity index (χ0v) is 17.4. The van der Waals surface area contributed by atoms with Crippen LogP contribution in [0.2, 0.25) is 0 Å². The Kier molecular flexibility index (Phi) is 6.27. The van der Waals surface area contributed by atoms with Crippen molar-refractivity contribution < 1.29 is 4.39 Å². The summed E-state index contributed by atoms with van der Waals surface area (Å²) in [5.74, 6) is 0.710. The van der Waals surface area contributed by atoms with Gasteiger partial charge in [0.25, 0.3) is 0 Å². The van der Waals surface area contributed by atoms with Crippen LogP contribution in [0.1, 0.15) is 24.0 Å². The van der Waals surface area contributed by atoms with E-state index >= 15 is 0 Å². The zero-order valence-electron chi connectivity index (χ0n) is 16.6. The lowest BCUT2D eigenvalue weighted by Gasteiger charge is -2.38. The second kappa shape index (κ2) is 8.69. The SMILES string of the molecule is Cc1ccc(NC2N=C(N)N=C(N3CCCC3)N2c2ccc(F)cc2)cc1C.Cl. The van der Waals surface area contributed by atoms with Crippen LogP contribution in [0.4, 0.5) is 15.8 Å². The van der Waals surface area contributed by atoms with Crippen molar-refractivity contribution in [3.05, 3.63) is 59.4 Å². The molecule has 8 heteroatoms. The van der Waals surface area contributed by atoms with Gasteiger partial charge in [0.1, 0.15) is 5.82 Å². The molecule has 1 unspecified atom stereocenters. The summed E-state index contributed by atoms with van der Waals surface area (Å²) in [5, 5.41) is 3.45. The number of anilines is 2. The molecule has 154 valence electrons. The molecule has 0 aliphatic carbocycles. The maximum absolute atomic E-state index is 13.5. The van der Waals surface area contributed by atoms with Crippen molar-refractivity contribution in [2.45, 2.75) is 33.0 Å². The van der Waals surface area contributed by atoms with Gasteiger partial charge in [0.2, 0.25) is 18.2 Å². The van der Waals surface area contributed by atoms with Gasteiger partial charge < -0.3 is 16.0 Å². The minimum Gasteiger partial charge on any atom is -0.368 e. The standard InChI is InChI=1S/C21H25FN6.ClH/c1-14-5-8-17(13-15(14)2)24-20-25-19(23)26-21(27-11-3-4-12-27)28(20)18-9-6-16(22)7-10-18;/h5-10,13,20,24H,3-4,11-12H2,1-2H3,(H2,23,25);1H. The Labute approximate surface area is 176 Å². The maximum Gasteiger partial charge on any atom is 0.222 e. The van der Waals surface area contributed by atoms with Crippen LogP contribution in [-0.2, 0) is 0 Å². The van der Waals surface area contributed by atoms with Gasteiger partial charge in [-0.2, -0.15) is 4.99 Å². The minimum atomic E-state index is -0.472. The molecule has 2 aliphatic rings. The fraction of sp³-hybridized carbons (Fsp3) is 0.333. The molecule has 29 heavy (non-hydrogen) atoms. The number of nitrogens with one attached hydrogen (secondary N) is 1. The van der Waals surface area contributed by atoms with E-state index in [-0.39, 0.29) is 24.2 Å². The fourth-order valence-electron chi connectivity index (χ4n) is 3.55. The number of benzene rings is 2. The molecular formula is C21H26ClFN6. The predicted octanol–water partition coefficient (Wildman–Crippen LogP) is 3.85. The van der Waals surface area contributed by atoms with Gasteiger partial charge in [-0.25, -0.2) is 9.38 Å². The normalized spacial score (nSPS) is 18.8. The van der Waals surface area contributed by atoms with Crippen LogP contribution in [-0.4, -0.2) is 36.2 Å². The van der Waals surface area contributed by atoms with Crippen LogP contribution in [0.15, 0.2) is 52.4 Å². The summed E-state index contributed by atoms with van der Waals surface area (Å²) in [5.41, 5.74) is 10.2. The summed E-state index contributed by atoms with van der Waals surface area (Å²) in [4.78, 5) is 13.3. The second-order valence-electron chi connectivity index (χ2n) is 7.26. The van der Waals surface area contributed by atoms with Gasteiger partial charge in [-0.3, -0.25) is 4.90 Å². The van der Waals surface area contributed by atoms with E-state index in [4.69, 9.17) is 5.73 Å². The summed E-state index contributed by atoms with van der Waals surface area (Å²) >= 11 is 0. The quantitative estimate of drug-likeness (QED) is 0.797. The van der Waals surface area contributed by atoms with Crippen LogP contribution in [0.25, 0.3) is 0 Å². The summed E-state index contributed by atoms with van der Waals surface area (Å²) < 4.78 is 13.5. The molecule has 3 N–H and O–H groups in total. The molecule has 1 saturated heterocycles. The fourth-order valence-corrected chi connectivity index (χ4v) is 3.55. The molecule has 6 nitrogen and oxygen atoms in total. The summed E-state index contributed by atoms with van der Waals surface area (Å²) in [6, 6.07) is 12.6. The first kappa shape index (κ1) is 20.9. The Morgan fingerprint density at radius 2 is 1.72 bits per heavy atom. The monoisotopic (exact) mass is 416 g/mol. The highest BCUT2D eigenvalue weighted by molar-refractivity contribution is 6.06. The van der Waals surface area contributed by atoms with E-state index in [2.05, 4.69) is 46.2 Å². The van der Waals surface area contributed by atoms with E-state index in [0.29, 0.717) is 0 Å². The smallest absolute Gasteiger partial charge is 0.222 e. The van der Waals surface area contributed by atoms with E-state index in [9.17, 15) is 4.39 Å². The van der Waals surface area contributed by atoms with Gasteiger partial charge >= 0.3 is 0 Å². The van der Waals surface area contributed by atoms with Gasteiger partial charge in [-0.05, 0) is 74.2 Å². The lowest BCUT2D eigenvalue weighted by molar-refractivity contribution is 0.497. The number of likely N-dealkylation sites (tertiary alicyclic amines) is 1. The molecule has 1 atom stereocenters. The lowest BCUT2D eigenvalue weighted by Crippen LogP contribution is -2.54. The van der Waals surface area contributed by atoms with Crippen LogP contribution < -0.4 is 16.0 Å². The largest absolute Gasteiger partial charge is 0.368 e. The third-order valence-electron chi connectivity index (χ3n) is 5.23. The number of hydrogen-bond donors (Lipinski definition) is 2. The Morgan fingerprint density at radius 1 is 1.03 bits per heavy atom. The highest BCUT2D eigenvalue weighted by atomic mass is 35.5. The van der Waals surface area contributed by atoms with Gasteiger partial charge in [0, 0.05) is 24.5 Å². The van der Waals surface area contributed by atoms with Crippen LogP contribution >= 0.6 is 12.4 Å².